The fourth-order valence-electron chi connectivity index (χ4n) is 3.60. The number of hydrogen-bond donors (Lipinski definition) is 1. The Morgan fingerprint density at radius 2 is 1.72 bits per heavy atom. The van der Waals surface area contributed by atoms with Crippen LogP contribution < -0.4 is 19.9 Å². The molecule has 29 heavy (non-hydrogen) atoms. The Balaban J connectivity index is 1.35. The zero-order valence-electron chi connectivity index (χ0n) is 17.0. The Labute approximate surface area is 172 Å². The van der Waals surface area contributed by atoms with Gasteiger partial charge in [-0.05, 0) is 42.8 Å². The number of benzene rings is 2. The first-order chi connectivity index (χ1) is 14.2. The summed E-state index contributed by atoms with van der Waals surface area (Å²) < 4.78 is 5.25. The minimum atomic E-state index is 0.668. The smallest absolute Gasteiger partial charge is 0.224 e. The highest BCUT2D eigenvalue weighted by atomic mass is 16.5. The molecule has 1 saturated heterocycles. The molecule has 6 heteroatoms. The molecule has 4 rings (SSSR count). The fraction of sp³-hybridized carbons (Fsp3) is 0.304. The van der Waals surface area contributed by atoms with Crippen molar-refractivity contribution in [2.24, 2.45) is 0 Å². The van der Waals surface area contributed by atoms with Gasteiger partial charge in [0.25, 0.3) is 0 Å². The van der Waals surface area contributed by atoms with Crippen LogP contribution in [0.15, 0.2) is 60.8 Å². The summed E-state index contributed by atoms with van der Waals surface area (Å²) in [7, 11) is 1.69. The molecular formula is C23H27N5O. The van der Waals surface area contributed by atoms with Gasteiger partial charge in [-0.1, -0.05) is 29.8 Å². The highest BCUT2D eigenvalue weighted by Crippen LogP contribution is 2.22. The molecule has 2 heterocycles. The summed E-state index contributed by atoms with van der Waals surface area (Å²) in [4.78, 5) is 13.8. The lowest BCUT2D eigenvalue weighted by Gasteiger charge is -2.36. The summed E-state index contributed by atoms with van der Waals surface area (Å²) >= 11 is 0. The summed E-state index contributed by atoms with van der Waals surface area (Å²) in [5, 5.41) is 3.34. The van der Waals surface area contributed by atoms with Crippen molar-refractivity contribution in [3.63, 3.8) is 0 Å². The molecule has 0 saturated carbocycles. The Hall–Kier alpha value is -3.28. The van der Waals surface area contributed by atoms with Gasteiger partial charge in [0.05, 0.1) is 7.11 Å². The van der Waals surface area contributed by atoms with Crippen LogP contribution in [-0.2, 0) is 6.54 Å². The number of aromatic nitrogens is 2. The van der Waals surface area contributed by atoms with Crippen molar-refractivity contribution in [2.75, 3.05) is 48.4 Å². The molecule has 0 radical (unpaired) electrons. The number of anilines is 3. The lowest BCUT2D eigenvalue weighted by atomic mass is 10.1. The van der Waals surface area contributed by atoms with Crippen molar-refractivity contribution >= 4 is 17.5 Å². The van der Waals surface area contributed by atoms with Crippen molar-refractivity contribution in [3.8, 4) is 5.75 Å². The number of rotatable bonds is 6. The molecule has 0 unspecified atom stereocenters. The molecule has 0 bridgehead atoms. The van der Waals surface area contributed by atoms with Crippen molar-refractivity contribution in [3.05, 3.63) is 71.9 Å². The van der Waals surface area contributed by atoms with Gasteiger partial charge in [0.2, 0.25) is 5.95 Å². The van der Waals surface area contributed by atoms with Gasteiger partial charge in [0, 0.05) is 44.6 Å². The molecule has 2 aromatic carbocycles. The maximum Gasteiger partial charge on any atom is 0.224 e. The Kier molecular flexibility index (Phi) is 5.79. The van der Waals surface area contributed by atoms with Gasteiger partial charge in [0.15, 0.2) is 0 Å². The normalized spacial score (nSPS) is 14.0. The number of methoxy groups -OCH3 is 1. The van der Waals surface area contributed by atoms with Crippen LogP contribution in [0.2, 0.25) is 0 Å². The van der Waals surface area contributed by atoms with Crippen LogP contribution in [0, 0.1) is 6.92 Å². The summed E-state index contributed by atoms with van der Waals surface area (Å²) in [6, 6.07) is 18.7. The molecule has 0 amide bonds. The molecule has 0 atom stereocenters. The Bertz CT molecular complexity index is 936. The van der Waals surface area contributed by atoms with Crippen LogP contribution in [0.1, 0.15) is 11.1 Å². The van der Waals surface area contributed by atoms with Gasteiger partial charge < -0.3 is 19.9 Å². The Morgan fingerprint density at radius 1 is 0.966 bits per heavy atom. The third-order valence-corrected chi connectivity index (χ3v) is 5.22. The predicted octanol–water partition coefficient (Wildman–Crippen LogP) is 3.73. The number of nitrogens with zero attached hydrogens (tertiary/aromatic N) is 4. The van der Waals surface area contributed by atoms with Crippen LogP contribution in [0.25, 0.3) is 0 Å². The van der Waals surface area contributed by atoms with E-state index in [0.717, 1.165) is 44.3 Å². The first kappa shape index (κ1) is 19.1. The summed E-state index contributed by atoms with van der Waals surface area (Å²) in [5.74, 6) is 2.53. The van der Waals surface area contributed by atoms with E-state index in [4.69, 9.17) is 9.72 Å². The number of aryl methyl sites for hydroxylation is 1. The third kappa shape index (κ3) is 4.77. The molecule has 1 aliphatic rings. The van der Waals surface area contributed by atoms with Crippen molar-refractivity contribution in [1.29, 1.82) is 0 Å². The van der Waals surface area contributed by atoms with E-state index in [9.17, 15) is 0 Å². The quantitative estimate of drug-likeness (QED) is 0.693. The Morgan fingerprint density at radius 3 is 2.45 bits per heavy atom. The number of hydrogen-bond acceptors (Lipinski definition) is 6. The molecule has 0 aliphatic carbocycles. The second-order valence-corrected chi connectivity index (χ2v) is 7.25. The second-order valence-electron chi connectivity index (χ2n) is 7.25. The van der Waals surface area contributed by atoms with Gasteiger partial charge in [-0.2, -0.15) is 4.98 Å². The van der Waals surface area contributed by atoms with E-state index in [2.05, 4.69) is 63.4 Å². The number of piperazine rings is 1. The van der Waals surface area contributed by atoms with E-state index in [1.165, 1.54) is 16.8 Å². The molecule has 0 spiro atoms. The first-order valence-electron chi connectivity index (χ1n) is 9.98. The van der Waals surface area contributed by atoms with Gasteiger partial charge in [0.1, 0.15) is 11.6 Å². The fourth-order valence-corrected chi connectivity index (χ4v) is 3.60. The average molecular weight is 390 g/mol. The van der Waals surface area contributed by atoms with E-state index in [0.29, 0.717) is 5.95 Å². The van der Waals surface area contributed by atoms with Crippen LogP contribution in [0.4, 0.5) is 17.5 Å². The molecule has 1 aromatic heterocycles. The molecule has 3 aromatic rings. The lowest BCUT2D eigenvalue weighted by molar-refractivity contribution is 0.415. The van der Waals surface area contributed by atoms with E-state index in [1.807, 2.05) is 24.4 Å². The van der Waals surface area contributed by atoms with E-state index in [1.54, 1.807) is 7.11 Å². The zero-order valence-corrected chi connectivity index (χ0v) is 17.0. The van der Waals surface area contributed by atoms with Gasteiger partial charge in [-0.15, -0.1) is 0 Å². The van der Waals surface area contributed by atoms with Crippen LogP contribution in [0.3, 0.4) is 0 Å². The third-order valence-electron chi connectivity index (χ3n) is 5.22. The van der Waals surface area contributed by atoms with Crippen LogP contribution in [0.5, 0.6) is 5.75 Å². The van der Waals surface area contributed by atoms with Gasteiger partial charge in [-0.25, -0.2) is 4.98 Å². The minimum absolute atomic E-state index is 0.668. The van der Waals surface area contributed by atoms with E-state index >= 15 is 0 Å². The van der Waals surface area contributed by atoms with Gasteiger partial charge >= 0.3 is 0 Å². The SMILES string of the molecule is COc1ccc(N2CCN(c3ccnc(NCc4cccc(C)c4)n3)CC2)cc1. The van der Waals surface area contributed by atoms with Crippen molar-refractivity contribution in [1.82, 2.24) is 9.97 Å². The maximum atomic E-state index is 5.25. The predicted molar refractivity (Wildman–Crippen MR) is 118 cm³/mol. The van der Waals surface area contributed by atoms with Gasteiger partial charge in [-0.3, -0.25) is 0 Å². The minimum Gasteiger partial charge on any atom is -0.497 e. The maximum absolute atomic E-state index is 5.25. The summed E-state index contributed by atoms with van der Waals surface area (Å²) in [5.41, 5.74) is 3.72. The number of ether oxygens (including phenoxy) is 1. The van der Waals surface area contributed by atoms with Crippen molar-refractivity contribution in [2.45, 2.75) is 13.5 Å². The molecular weight excluding hydrogens is 362 g/mol. The number of nitrogens with one attached hydrogen (secondary N) is 1. The summed E-state index contributed by atoms with van der Waals surface area (Å²) in [6.07, 6.45) is 1.83. The van der Waals surface area contributed by atoms with Crippen molar-refractivity contribution < 1.29 is 4.74 Å². The topological polar surface area (TPSA) is 53.5 Å². The molecule has 1 fully saturated rings. The van der Waals surface area contributed by atoms with Crippen LogP contribution >= 0.6 is 0 Å². The highest BCUT2D eigenvalue weighted by Gasteiger charge is 2.18. The van der Waals surface area contributed by atoms with Crippen LogP contribution in [-0.4, -0.2) is 43.3 Å². The largest absolute Gasteiger partial charge is 0.497 e. The van der Waals surface area contributed by atoms with E-state index < -0.39 is 0 Å². The second kappa shape index (κ2) is 8.82. The first-order valence-corrected chi connectivity index (χ1v) is 9.98. The molecule has 1 N–H and O–H groups in total. The monoisotopic (exact) mass is 389 g/mol. The summed E-state index contributed by atoms with van der Waals surface area (Å²) in [6.45, 7) is 6.61. The molecule has 6 nitrogen and oxygen atoms in total. The average Bonchev–Trinajstić information content (AvgIpc) is 2.78. The molecule has 1 aliphatic heterocycles. The molecule has 150 valence electrons. The zero-order chi connectivity index (χ0) is 20.1. The van der Waals surface area contributed by atoms with E-state index in [-0.39, 0.29) is 0 Å². The standard InChI is InChI=1S/C23H27N5O/c1-18-4-3-5-19(16-18)17-25-23-24-11-10-22(26-23)28-14-12-27(13-15-28)20-6-8-21(29-2)9-7-20/h3-11,16H,12-15,17H2,1-2H3,(H,24,25,26). The lowest BCUT2D eigenvalue weighted by Crippen LogP contribution is -2.46. The highest BCUT2D eigenvalue weighted by molar-refractivity contribution is 5.52.